The molecule has 17 heavy (non-hydrogen) atoms. The summed E-state index contributed by atoms with van der Waals surface area (Å²) in [6, 6.07) is 2.65. The summed E-state index contributed by atoms with van der Waals surface area (Å²) < 4.78 is 53.9. The lowest BCUT2D eigenvalue weighted by Gasteiger charge is -2.10. The lowest BCUT2D eigenvalue weighted by molar-refractivity contribution is -0.139. The summed E-state index contributed by atoms with van der Waals surface area (Å²) in [5, 5.41) is 2.94. The van der Waals surface area contributed by atoms with E-state index in [0.717, 1.165) is 17.6 Å². The van der Waals surface area contributed by atoms with Crippen LogP contribution in [0.15, 0.2) is 24.5 Å². The number of hydrogen-bond acceptors (Lipinski definition) is 4. The minimum Gasteiger partial charge on any atom is -0.330 e. The Bertz CT molecular complexity index is 509. The van der Waals surface area contributed by atoms with Crippen LogP contribution in [0.25, 0.3) is 0 Å². The van der Waals surface area contributed by atoms with E-state index in [2.05, 4.69) is 14.7 Å². The SMILES string of the molecule is Fc1ccc(Nc2ncns2)cc1C(F)(F)F. The first-order valence-electron chi connectivity index (χ1n) is 4.37. The molecule has 1 N–H and O–H groups in total. The van der Waals surface area contributed by atoms with Gasteiger partial charge in [0.05, 0.1) is 5.56 Å². The van der Waals surface area contributed by atoms with E-state index in [1.807, 2.05) is 0 Å². The molecule has 0 saturated heterocycles. The summed E-state index contributed by atoms with van der Waals surface area (Å²) in [4.78, 5) is 3.75. The van der Waals surface area contributed by atoms with Crippen molar-refractivity contribution in [3.63, 3.8) is 0 Å². The topological polar surface area (TPSA) is 37.8 Å². The summed E-state index contributed by atoms with van der Waals surface area (Å²) in [6.07, 6.45) is -3.45. The van der Waals surface area contributed by atoms with Gasteiger partial charge in [0.25, 0.3) is 0 Å². The normalized spacial score (nSPS) is 11.5. The van der Waals surface area contributed by atoms with E-state index in [-0.39, 0.29) is 5.69 Å². The van der Waals surface area contributed by atoms with Gasteiger partial charge in [-0.25, -0.2) is 9.37 Å². The van der Waals surface area contributed by atoms with Crippen LogP contribution in [0.2, 0.25) is 0 Å². The summed E-state index contributed by atoms with van der Waals surface area (Å²) in [5.74, 6) is -1.31. The maximum atomic E-state index is 13.0. The minimum absolute atomic E-state index is 0.107. The molecule has 2 aromatic rings. The smallest absolute Gasteiger partial charge is 0.330 e. The van der Waals surface area contributed by atoms with Crippen LogP contribution in [0.1, 0.15) is 5.56 Å². The number of benzene rings is 1. The van der Waals surface area contributed by atoms with Crippen LogP contribution in [0.4, 0.5) is 28.4 Å². The summed E-state index contributed by atoms with van der Waals surface area (Å²) in [7, 11) is 0. The second-order valence-electron chi connectivity index (χ2n) is 3.06. The molecule has 0 spiro atoms. The molecule has 3 nitrogen and oxygen atoms in total. The Morgan fingerprint density at radius 2 is 2.00 bits per heavy atom. The number of halogens is 4. The van der Waals surface area contributed by atoms with Crippen LogP contribution in [-0.4, -0.2) is 9.36 Å². The van der Waals surface area contributed by atoms with Gasteiger partial charge in [-0.2, -0.15) is 17.5 Å². The van der Waals surface area contributed by atoms with Gasteiger partial charge in [0.15, 0.2) is 0 Å². The van der Waals surface area contributed by atoms with E-state index in [9.17, 15) is 17.6 Å². The van der Waals surface area contributed by atoms with Gasteiger partial charge < -0.3 is 5.32 Å². The van der Waals surface area contributed by atoms with Crippen LogP contribution in [0, 0.1) is 5.82 Å². The number of nitrogens with zero attached hydrogens (tertiary/aromatic N) is 2. The number of rotatable bonds is 2. The molecular weight excluding hydrogens is 258 g/mol. The summed E-state index contributed by atoms with van der Waals surface area (Å²) in [5.41, 5.74) is -1.21. The highest BCUT2D eigenvalue weighted by molar-refractivity contribution is 7.09. The second kappa shape index (κ2) is 4.28. The lowest BCUT2D eigenvalue weighted by atomic mass is 10.2. The Hall–Kier alpha value is -1.70. The third kappa shape index (κ3) is 2.70. The second-order valence-corrected chi connectivity index (χ2v) is 3.84. The third-order valence-corrected chi connectivity index (χ3v) is 2.46. The zero-order valence-corrected chi connectivity index (χ0v) is 8.94. The third-order valence-electron chi connectivity index (χ3n) is 1.88. The highest BCUT2D eigenvalue weighted by Gasteiger charge is 2.34. The van der Waals surface area contributed by atoms with Gasteiger partial charge in [0.1, 0.15) is 12.1 Å². The minimum atomic E-state index is -4.72. The van der Waals surface area contributed by atoms with Crippen molar-refractivity contribution in [1.29, 1.82) is 0 Å². The highest BCUT2D eigenvalue weighted by atomic mass is 32.1. The van der Waals surface area contributed by atoms with Crippen LogP contribution in [0.3, 0.4) is 0 Å². The van der Waals surface area contributed by atoms with Gasteiger partial charge in [0.2, 0.25) is 5.13 Å². The average molecular weight is 263 g/mol. The van der Waals surface area contributed by atoms with Crippen LogP contribution in [0.5, 0.6) is 0 Å². The first kappa shape index (κ1) is 11.8. The van der Waals surface area contributed by atoms with E-state index in [1.165, 1.54) is 12.4 Å². The zero-order chi connectivity index (χ0) is 12.5. The van der Waals surface area contributed by atoms with Crippen LogP contribution >= 0.6 is 11.5 Å². The molecule has 0 bridgehead atoms. The monoisotopic (exact) mass is 263 g/mol. The lowest BCUT2D eigenvalue weighted by Crippen LogP contribution is -2.08. The molecule has 0 aliphatic heterocycles. The van der Waals surface area contributed by atoms with Gasteiger partial charge in [-0.15, -0.1) is 0 Å². The molecule has 0 unspecified atom stereocenters. The molecule has 1 aromatic carbocycles. The van der Waals surface area contributed by atoms with Gasteiger partial charge in [-0.05, 0) is 18.2 Å². The van der Waals surface area contributed by atoms with Gasteiger partial charge in [-0.3, -0.25) is 0 Å². The number of nitrogens with one attached hydrogen (secondary N) is 1. The molecule has 8 heteroatoms. The summed E-state index contributed by atoms with van der Waals surface area (Å²) in [6.45, 7) is 0. The van der Waals surface area contributed by atoms with E-state index < -0.39 is 17.6 Å². The highest BCUT2D eigenvalue weighted by Crippen LogP contribution is 2.33. The van der Waals surface area contributed by atoms with E-state index >= 15 is 0 Å². The first-order chi connectivity index (χ1) is 7.97. The molecule has 0 saturated carbocycles. The molecule has 0 amide bonds. The Labute approximate surface area is 97.3 Å². The Morgan fingerprint density at radius 3 is 2.59 bits per heavy atom. The molecule has 0 aliphatic rings. The predicted octanol–water partition coefficient (Wildman–Crippen LogP) is 3.44. The first-order valence-corrected chi connectivity index (χ1v) is 5.14. The van der Waals surface area contributed by atoms with Crippen molar-refractivity contribution in [3.05, 3.63) is 35.9 Å². The number of alkyl halides is 3. The van der Waals surface area contributed by atoms with Crippen molar-refractivity contribution in [2.75, 3.05) is 5.32 Å². The maximum absolute atomic E-state index is 13.0. The Kier molecular flexibility index (Phi) is 2.97. The molecule has 0 atom stereocenters. The zero-order valence-electron chi connectivity index (χ0n) is 8.12. The Morgan fingerprint density at radius 1 is 1.24 bits per heavy atom. The fraction of sp³-hybridized carbons (Fsp3) is 0.111. The fourth-order valence-corrected chi connectivity index (χ4v) is 1.62. The largest absolute Gasteiger partial charge is 0.419 e. The molecule has 0 radical (unpaired) electrons. The number of aromatic nitrogens is 2. The van der Waals surface area contributed by atoms with Crippen LogP contribution < -0.4 is 5.32 Å². The average Bonchev–Trinajstić information content (AvgIpc) is 2.72. The Balaban J connectivity index is 2.31. The quantitative estimate of drug-likeness (QED) is 0.843. The van der Waals surface area contributed by atoms with E-state index in [0.29, 0.717) is 11.2 Å². The van der Waals surface area contributed by atoms with Gasteiger partial charge in [-0.1, -0.05) is 0 Å². The molecular formula is C9H5F4N3S. The van der Waals surface area contributed by atoms with E-state index in [4.69, 9.17) is 0 Å². The molecule has 0 fully saturated rings. The molecule has 1 aromatic heterocycles. The van der Waals surface area contributed by atoms with E-state index in [1.54, 1.807) is 0 Å². The summed E-state index contributed by atoms with van der Waals surface area (Å²) >= 11 is 0.988. The number of anilines is 2. The fourth-order valence-electron chi connectivity index (χ4n) is 1.17. The number of hydrogen-bond donors (Lipinski definition) is 1. The maximum Gasteiger partial charge on any atom is 0.419 e. The predicted molar refractivity (Wildman–Crippen MR) is 54.6 cm³/mol. The van der Waals surface area contributed by atoms with Crippen molar-refractivity contribution in [2.45, 2.75) is 6.18 Å². The van der Waals surface area contributed by atoms with Crippen molar-refractivity contribution in [3.8, 4) is 0 Å². The van der Waals surface area contributed by atoms with Crippen molar-refractivity contribution < 1.29 is 17.6 Å². The molecule has 2 rings (SSSR count). The molecule has 1 heterocycles. The van der Waals surface area contributed by atoms with Crippen molar-refractivity contribution in [1.82, 2.24) is 9.36 Å². The molecule has 90 valence electrons. The van der Waals surface area contributed by atoms with Crippen molar-refractivity contribution >= 4 is 22.4 Å². The van der Waals surface area contributed by atoms with Gasteiger partial charge in [0, 0.05) is 17.2 Å². The van der Waals surface area contributed by atoms with Crippen LogP contribution in [-0.2, 0) is 6.18 Å². The molecule has 0 aliphatic carbocycles. The van der Waals surface area contributed by atoms with Gasteiger partial charge >= 0.3 is 6.18 Å². The standard InChI is InChI=1S/C9H5F4N3S/c10-7-2-1-5(3-6(7)9(11,12)13)16-8-14-4-15-17-8/h1-4H,(H,14,15,16). The van der Waals surface area contributed by atoms with Crippen molar-refractivity contribution in [2.24, 2.45) is 0 Å².